The summed E-state index contributed by atoms with van der Waals surface area (Å²) in [4.78, 5) is 0. The van der Waals surface area contributed by atoms with Crippen LogP contribution in [0.25, 0.3) is 10.8 Å². The van der Waals surface area contributed by atoms with E-state index in [0.29, 0.717) is 5.69 Å². The van der Waals surface area contributed by atoms with Crippen LogP contribution < -0.4 is 4.72 Å². The first-order chi connectivity index (χ1) is 6.77. The van der Waals surface area contributed by atoms with Gasteiger partial charge in [0.2, 0.25) is 10.9 Å². The van der Waals surface area contributed by atoms with Gasteiger partial charge in [-0.1, -0.05) is 36.4 Å². The topological polar surface area (TPSA) is 46.2 Å². The molecule has 14 heavy (non-hydrogen) atoms. The number of thiol groups is 1. The molecule has 0 atom stereocenters. The minimum Gasteiger partial charge on any atom is -0.285 e. The zero-order valence-electron chi connectivity index (χ0n) is 7.31. The second-order valence-corrected chi connectivity index (χ2v) is 3.63. The number of nitrogens with one attached hydrogen (secondary N) is 1. The highest BCUT2D eigenvalue weighted by Gasteiger charge is 1.98. The summed E-state index contributed by atoms with van der Waals surface area (Å²) in [6.07, 6.45) is 0. The fourth-order valence-electron chi connectivity index (χ4n) is 1.42. The third-order valence-corrected chi connectivity index (χ3v) is 2.42. The lowest BCUT2D eigenvalue weighted by molar-refractivity contribution is 0.619. The van der Waals surface area contributed by atoms with Gasteiger partial charge in [0.25, 0.3) is 0 Å². The maximum atomic E-state index is 10.5. The van der Waals surface area contributed by atoms with Crippen LogP contribution in [-0.4, -0.2) is 8.42 Å². The Morgan fingerprint density at radius 3 is 2.43 bits per heavy atom. The third-order valence-electron chi connectivity index (χ3n) is 2.00. The number of anilines is 1. The van der Waals surface area contributed by atoms with E-state index in [2.05, 4.69) is 4.72 Å². The van der Waals surface area contributed by atoms with E-state index in [-0.39, 0.29) is 0 Å². The lowest BCUT2D eigenvalue weighted by Gasteiger charge is -2.03. The second-order valence-electron chi connectivity index (χ2n) is 2.90. The highest BCUT2D eigenvalue weighted by Crippen LogP contribution is 2.22. The first kappa shape index (κ1) is 9.02. The molecule has 3 nitrogen and oxygen atoms in total. The number of hydrogen-bond donors (Lipinski definition) is 2. The Morgan fingerprint density at radius 1 is 0.929 bits per heavy atom. The normalized spacial score (nSPS) is 10.6. The number of hydrogen-bond acceptors (Lipinski definition) is 2. The average molecular weight is 207 g/mol. The summed E-state index contributed by atoms with van der Waals surface area (Å²) >= 11 is 0. The molecule has 2 aromatic carbocycles. The van der Waals surface area contributed by atoms with Gasteiger partial charge in [-0.2, -0.15) is 0 Å². The summed E-state index contributed by atoms with van der Waals surface area (Å²) in [5, 5.41) is 1.93. The summed E-state index contributed by atoms with van der Waals surface area (Å²) in [6.45, 7) is 0. The SMILES string of the molecule is O=[SH](=O)Nc1cccc2ccccc12. The molecule has 0 aromatic heterocycles. The van der Waals surface area contributed by atoms with Crippen LogP contribution in [0.15, 0.2) is 42.5 Å². The molecule has 2 aromatic rings. The fraction of sp³-hybridized carbons (Fsp3) is 0. The lowest BCUT2D eigenvalue weighted by Crippen LogP contribution is -1.95. The van der Waals surface area contributed by atoms with Gasteiger partial charge in [0.05, 0.1) is 5.69 Å². The molecule has 0 radical (unpaired) electrons. The van der Waals surface area contributed by atoms with Crippen molar-refractivity contribution < 1.29 is 8.42 Å². The van der Waals surface area contributed by atoms with Crippen molar-refractivity contribution in [1.82, 2.24) is 0 Å². The number of rotatable bonds is 2. The van der Waals surface area contributed by atoms with Crippen molar-refractivity contribution in [3.05, 3.63) is 42.5 Å². The zero-order valence-corrected chi connectivity index (χ0v) is 8.20. The first-order valence-electron chi connectivity index (χ1n) is 4.16. The Balaban J connectivity index is 2.64. The molecule has 2 rings (SSSR count). The third kappa shape index (κ3) is 1.70. The molecule has 0 heterocycles. The predicted octanol–water partition coefficient (Wildman–Crippen LogP) is 1.78. The molecule has 1 N–H and O–H groups in total. The first-order valence-corrected chi connectivity index (χ1v) is 5.34. The summed E-state index contributed by atoms with van der Waals surface area (Å²) in [5.74, 6) is 0. The molecule has 72 valence electrons. The van der Waals surface area contributed by atoms with Gasteiger partial charge in [-0.3, -0.25) is 4.72 Å². The minimum absolute atomic E-state index is 0.624. The van der Waals surface area contributed by atoms with Crippen molar-refractivity contribution in [2.24, 2.45) is 0 Å². The van der Waals surface area contributed by atoms with E-state index < -0.39 is 10.9 Å². The van der Waals surface area contributed by atoms with Crippen molar-refractivity contribution >= 4 is 27.4 Å². The zero-order chi connectivity index (χ0) is 9.97. The van der Waals surface area contributed by atoms with E-state index in [9.17, 15) is 8.42 Å². The highest BCUT2D eigenvalue weighted by molar-refractivity contribution is 7.73. The minimum atomic E-state index is -2.60. The van der Waals surface area contributed by atoms with Crippen LogP contribution >= 0.6 is 0 Å². The number of benzene rings is 2. The van der Waals surface area contributed by atoms with Gasteiger partial charge in [0.1, 0.15) is 0 Å². The van der Waals surface area contributed by atoms with Gasteiger partial charge in [-0.25, -0.2) is 8.42 Å². The Labute approximate surface area is 83.5 Å². The molecule has 0 unspecified atom stereocenters. The smallest absolute Gasteiger partial charge is 0.222 e. The van der Waals surface area contributed by atoms with E-state index in [0.717, 1.165) is 10.8 Å². The van der Waals surface area contributed by atoms with Crippen molar-refractivity contribution in [3.63, 3.8) is 0 Å². The Kier molecular flexibility index (Phi) is 2.37. The van der Waals surface area contributed by atoms with Crippen LogP contribution in [-0.2, 0) is 10.9 Å². The quantitative estimate of drug-likeness (QED) is 0.737. The maximum Gasteiger partial charge on any atom is 0.222 e. The van der Waals surface area contributed by atoms with Crippen molar-refractivity contribution in [3.8, 4) is 0 Å². The van der Waals surface area contributed by atoms with Gasteiger partial charge >= 0.3 is 0 Å². The molecule has 0 fully saturated rings. The fourth-order valence-corrected chi connectivity index (χ4v) is 1.81. The van der Waals surface area contributed by atoms with E-state index in [4.69, 9.17) is 0 Å². The van der Waals surface area contributed by atoms with E-state index in [1.54, 1.807) is 6.07 Å². The largest absolute Gasteiger partial charge is 0.285 e. The van der Waals surface area contributed by atoms with Crippen LogP contribution in [0.4, 0.5) is 5.69 Å². The van der Waals surface area contributed by atoms with Gasteiger partial charge in [0, 0.05) is 5.39 Å². The Bertz CT molecular complexity index is 521. The molecule has 0 aliphatic heterocycles. The van der Waals surface area contributed by atoms with Gasteiger partial charge in [-0.05, 0) is 11.5 Å². The van der Waals surface area contributed by atoms with Gasteiger partial charge < -0.3 is 0 Å². The average Bonchev–Trinajstić information content (AvgIpc) is 2.18. The molecular formula is C10H9NO2S. The Hall–Kier alpha value is -1.55. The van der Waals surface area contributed by atoms with Crippen molar-refractivity contribution in [2.45, 2.75) is 0 Å². The lowest BCUT2D eigenvalue weighted by atomic mass is 10.1. The molecule has 0 spiro atoms. The van der Waals surface area contributed by atoms with Crippen molar-refractivity contribution in [1.29, 1.82) is 0 Å². The molecule has 0 amide bonds. The highest BCUT2D eigenvalue weighted by atomic mass is 32.2. The predicted molar refractivity (Wildman–Crippen MR) is 57.9 cm³/mol. The molecular weight excluding hydrogens is 198 g/mol. The molecule has 0 aliphatic rings. The van der Waals surface area contributed by atoms with Crippen LogP contribution in [0, 0.1) is 0 Å². The molecule has 0 saturated heterocycles. The van der Waals surface area contributed by atoms with Crippen LogP contribution in [0.5, 0.6) is 0 Å². The van der Waals surface area contributed by atoms with Crippen LogP contribution in [0.1, 0.15) is 0 Å². The summed E-state index contributed by atoms with van der Waals surface area (Å²) in [5.41, 5.74) is 0.624. The summed E-state index contributed by atoms with van der Waals surface area (Å²) < 4.78 is 23.5. The molecule has 4 heteroatoms. The molecule has 0 bridgehead atoms. The Morgan fingerprint density at radius 2 is 1.64 bits per heavy atom. The van der Waals surface area contributed by atoms with Crippen LogP contribution in [0.2, 0.25) is 0 Å². The van der Waals surface area contributed by atoms with E-state index >= 15 is 0 Å². The van der Waals surface area contributed by atoms with E-state index in [1.165, 1.54) is 0 Å². The molecule has 0 aliphatic carbocycles. The maximum absolute atomic E-state index is 10.5. The van der Waals surface area contributed by atoms with Gasteiger partial charge in [-0.15, -0.1) is 0 Å². The molecule has 0 saturated carbocycles. The summed E-state index contributed by atoms with van der Waals surface area (Å²) in [7, 11) is -2.60. The monoisotopic (exact) mass is 207 g/mol. The van der Waals surface area contributed by atoms with Crippen molar-refractivity contribution in [2.75, 3.05) is 4.72 Å². The summed E-state index contributed by atoms with van der Waals surface area (Å²) in [6, 6.07) is 13.1. The standard InChI is InChI=1S/C10H9NO2S/c12-14(13)11-10-7-3-5-8-4-1-2-6-9(8)10/h1-7,14H,(H,11,12,13). The number of fused-ring (bicyclic) bond motifs is 1. The van der Waals surface area contributed by atoms with Gasteiger partial charge in [0.15, 0.2) is 0 Å². The van der Waals surface area contributed by atoms with Crippen LogP contribution in [0.3, 0.4) is 0 Å². The second kappa shape index (κ2) is 3.67. The van der Waals surface area contributed by atoms with E-state index in [1.807, 2.05) is 36.4 Å².